The van der Waals surface area contributed by atoms with E-state index in [4.69, 9.17) is 5.73 Å². The summed E-state index contributed by atoms with van der Waals surface area (Å²) >= 11 is 0. The Hall–Kier alpha value is -2.02. The van der Waals surface area contributed by atoms with Crippen molar-refractivity contribution in [3.8, 4) is 17.0 Å². The highest BCUT2D eigenvalue weighted by Gasteiger charge is 2.30. The van der Waals surface area contributed by atoms with Gasteiger partial charge in [-0.25, -0.2) is 4.98 Å². The first kappa shape index (κ1) is 15.4. The van der Waals surface area contributed by atoms with Crippen LogP contribution in [-0.2, 0) is 6.42 Å². The predicted octanol–water partition coefficient (Wildman–Crippen LogP) is 3.26. The summed E-state index contributed by atoms with van der Waals surface area (Å²) in [6, 6.07) is 5.72. The van der Waals surface area contributed by atoms with Crippen molar-refractivity contribution in [3.05, 3.63) is 36.3 Å². The van der Waals surface area contributed by atoms with Crippen LogP contribution in [0.15, 0.2) is 30.5 Å². The Morgan fingerprint density at radius 2 is 1.95 bits per heavy atom. The molecule has 2 rings (SSSR count). The van der Waals surface area contributed by atoms with Gasteiger partial charge in [-0.3, -0.25) is 0 Å². The lowest BCUT2D eigenvalue weighted by Crippen LogP contribution is -2.16. The number of aromatic amines is 1. The highest BCUT2D eigenvalue weighted by Crippen LogP contribution is 2.25. The van der Waals surface area contributed by atoms with Gasteiger partial charge in [0.1, 0.15) is 11.6 Å². The number of imidazole rings is 1. The molecule has 0 amide bonds. The standard InChI is InChI=1S/C14H16F3N3O/c1-9(18)2-7-13-19-8-12(20-13)10-3-5-11(6-4-10)21-14(15,16)17/h3-6,8-9H,2,7,18H2,1H3,(H,19,20). The van der Waals surface area contributed by atoms with Gasteiger partial charge in [0, 0.05) is 12.5 Å². The summed E-state index contributed by atoms with van der Waals surface area (Å²) in [6.45, 7) is 1.92. The fourth-order valence-electron chi connectivity index (χ4n) is 1.84. The fraction of sp³-hybridized carbons (Fsp3) is 0.357. The number of alkyl halides is 3. The molecule has 1 unspecified atom stereocenters. The molecular weight excluding hydrogens is 283 g/mol. The molecule has 0 aliphatic rings. The van der Waals surface area contributed by atoms with Gasteiger partial charge in [0.25, 0.3) is 0 Å². The maximum absolute atomic E-state index is 12.1. The first-order valence-electron chi connectivity index (χ1n) is 6.49. The van der Waals surface area contributed by atoms with E-state index in [0.29, 0.717) is 0 Å². The number of benzene rings is 1. The second-order valence-electron chi connectivity index (χ2n) is 4.83. The van der Waals surface area contributed by atoms with Crippen molar-refractivity contribution in [1.82, 2.24) is 9.97 Å². The zero-order chi connectivity index (χ0) is 15.5. The summed E-state index contributed by atoms with van der Waals surface area (Å²) in [5.41, 5.74) is 7.16. The van der Waals surface area contributed by atoms with Crippen LogP contribution >= 0.6 is 0 Å². The van der Waals surface area contributed by atoms with E-state index >= 15 is 0 Å². The number of ether oxygens (including phenoxy) is 1. The van der Waals surface area contributed by atoms with E-state index in [1.54, 1.807) is 18.3 Å². The second kappa shape index (κ2) is 6.17. The van der Waals surface area contributed by atoms with Gasteiger partial charge in [0.05, 0.1) is 11.9 Å². The van der Waals surface area contributed by atoms with E-state index in [-0.39, 0.29) is 11.8 Å². The summed E-state index contributed by atoms with van der Waals surface area (Å²) in [4.78, 5) is 7.35. The first-order chi connectivity index (χ1) is 9.83. The quantitative estimate of drug-likeness (QED) is 0.890. The zero-order valence-corrected chi connectivity index (χ0v) is 11.4. The van der Waals surface area contributed by atoms with E-state index in [2.05, 4.69) is 14.7 Å². The average molecular weight is 299 g/mol. The number of aryl methyl sites for hydroxylation is 1. The second-order valence-corrected chi connectivity index (χ2v) is 4.83. The summed E-state index contributed by atoms with van der Waals surface area (Å²) in [7, 11) is 0. The summed E-state index contributed by atoms with van der Waals surface area (Å²) in [6.07, 6.45) is -1.49. The number of halogens is 3. The van der Waals surface area contributed by atoms with Crippen molar-refractivity contribution >= 4 is 0 Å². The van der Waals surface area contributed by atoms with E-state index in [1.807, 2.05) is 6.92 Å². The molecule has 0 saturated carbocycles. The molecule has 114 valence electrons. The number of H-pyrrole nitrogens is 1. The lowest BCUT2D eigenvalue weighted by atomic mass is 10.1. The summed E-state index contributed by atoms with van der Waals surface area (Å²) in [5, 5.41) is 0. The molecular formula is C14H16F3N3O. The first-order valence-corrected chi connectivity index (χ1v) is 6.49. The maximum atomic E-state index is 12.1. The maximum Gasteiger partial charge on any atom is 0.573 e. The molecule has 0 radical (unpaired) electrons. The molecule has 3 N–H and O–H groups in total. The molecule has 0 spiro atoms. The topological polar surface area (TPSA) is 63.9 Å². The predicted molar refractivity (Wildman–Crippen MR) is 72.7 cm³/mol. The van der Waals surface area contributed by atoms with Crippen molar-refractivity contribution in [1.29, 1.82) is 0 Å². The summed E-state index contributed by atoms with van der Waals surface area (Å²) in [5.74, 6) is 0.556. The smallest absolute Gasteiger partial charge is 0.406 e. The largest absolute Gasteiger partial charge is 0.573 e. The van der Waals surface area contributed by atoms with Crippen molar-refractivity contribution in [3.63, 3.8) is 0 Å². The average Bonchev–Trinajstić information content (AvgIpc) is 2.84. The third-order valence-electron chi connectivity index (χ3n) is 2.86. The Morgan fingerprint density at radius 1 is 1.29 bits per heavy atom. The molecule has 0 bridgehead atoms. The number of rotatable bonds is 5. The van der Waals surface area contributed by atoms with Crippen LogP contribution < -0.4 is 10.5 Å². The summed E-state index contributed by atoms with van der Waals surface area (Å²) < 4.78 is 40.0. The Labute approximate surface area is 120 Å². The molecule has 1 atom stereocenters. The molecule has 0 saturated heterocycles. The van der Waals surface area contributed by atoms with Crippen LogP contribution in [0.4, 0.5) is 13.2 Å². The molecule has 7 heteroatoms. The minimum absolute atomic E-state index is 0.0948. The Morgan fingerprint density at radius 3 is 2.52 bits per heavy atom. The molecule has 0 aliphatic heterocycles. The van der Waals surface area contributed by atoms with E-state index < -0.39 is 6.36 Å². The van der Waals surface area contributed by atoms with Crippen LogP contribution in [-0.4, -0.2) is 22.4 Å². The van der Waals surface area contributed by atoms with Gasteiger partial charge >= 0.3 is 6.36 Å². The van der Waals surface area contributed by atoms with Crippen LogP contribution in [0.5, 0.6) is 5.75 Å². The van der Waals surface area contributed by atoms with Crippen molar-refractivity contribution < 1.29 is 17.9 Å². The Bertz CT molecular complexity index is 576. The van der Waals surface area contributed by atoms with Crippen LogP contribution in [0, 0.1) is 0 Å². The highest BCUT2D eigenvalue weighted by molar-refractivity contribution is 5.59. The van der Waals surface area contributed by atoms with Gasteiger partial charge in [-0.2, -0.15) is 0 Å². The van der Waals surface area contributed by atoms with E-state index in [1.165, 1.54) is 12.1 Å². The van der Waals surface area contributed by atoms with Gasteiger partial charge in [-0.05, 0) is 43.2 Å². The molecule has 0 fully saturated rings. The van der Waals surface area contributed by atoms with Crippen LogP contribution in [0.2, 0.25) is 0 Å². The van der Waals surface area contributed by atoms with Gasteiger partial charge < -0.3 is 15.5 Å². The van der Waals surface area contributed by atoms with Gasteiger partial charge in [0.2, 0.25) is 0 Å². The third-order valence-corrected chi connectivity index (χ3v) is 2.86. The molecule has 1 aromatic carbocycles. The SMILES string of the molecule is CC(N)CCc1ncc(-c2ccc(OC(F)(F)F)cc2)[nH]1. The van der Waals surface area contributed by atoms with Crippen LogP contribution in [0.1, 0.15) is 19.2 Å². The van der Waals surface area contributed by atoms with Crippen molar-refractivity contribution in [2.24, 2.45) is 5.73 Å². The molecule has 1 heterocycles. The lowest BCUT2D eigenvalue weighted by Gasteiger charge is -2.08. The molecule has 21 heavy (non-hydrogen) atoms. The number of hydrogen-bond acceptors (Lipinski definition) is 3. The van der Waals surface area contributed by atoms with Crippen LogP contribution in [0.25, 0.3) is 11.3 Å². The highest BCUT2D eigenvalue weighted by atomic mass is 19.4. The van der Waals surface area contributed by atoms with Gasteiger partial charge in [-0.1, -0.05) is 0 Å². The Balaban J connectivity index is 2.05. The number of nitrogens with zero attached hydrogens (tertiary/aromatic N) is 1. The molecule has 0 aliphatic carbocycles. The fourth-order valence-corrected chi connectivity index (χ4v) is 1.84. The number of aromatic nitrogens is 2. The minimum Gasteiger partial charge on any atom is -0.406 e. The van der Waals surface area contributed by atoms with Gasteiger partial charge in [-0.15, -0.1) is 13.2 Å². The number of nitrogens with one attached hydrogen (secondary N) is 1. The molecule has 2 aromatic rings. The number of nitrogens with two attached hydrogens (primary N) is 1. The minimum atomic E-state index is -4.68. The van der Waals surface area contributed by atoms with E-state index in [0.717, 1.165) is 29.9 Å². The van der Waals surface area contributed by atoms with Crippen LogP contribution in [0.3, 0.4) is 0 Å². The third kappa shape index (κ3) is 4.78. The molecule has 1 aromatic heterocycles. The number of hydrogen-bond donors (Lipinski definition) is 2. The lowest BCUT2D eigenvalue weighted by molar-refractivity contribution is -0.274. The van der Waals surface area contributed by atoms with E-state index in [9.17, 15) is 13.2 Å². The van der Waals surface area contributed by atoms with Crippen molar-refractivity contribution in [2.75, 3.05) is 0 Å². The van der Waals surface area contributed by atoms with Crippen molar-refractivity contribution in [2.45, 2.75) is 32.2 Å². The normalized spacial score (nSPS) is 13.2. The monoisotopic (exact) mass is 299 g/mol. The molecule has 4 nitrogen and oxygen atoms in total. The Kier molecular flexibility index (Phi) is 4.52. The van der Waals surface area contributed by atoms with Gasteiger partial charge in [0.15, 0.2) is 0 Å². The zero-order valence-electron chi connectivity index (χ0n) is 11.4.